The number of amides is 2. The molecule has 1 aliphatic heterocycles. The lowest BCUT2D eigenvalue weighted by atomic mass is 9.91. The van der Waals surface area contributed by atoms with Gasteiger partial charge in [-0.15, -0.1) is 0 Å². The second kappa shape index (κ2) is 7.34. The second-order valence-corrected chi connectivity index (χ2v) is 7.96. The van der Waals surface area contributed by atoms with Crippen molar-refractivity contribution in [2.24, 2.45) is 0 Å². The van der Waals surface area contributed by atoms with Crippen molar-refractivity contribution in [2.45, 2.75) is 38.2 Å². The van der Waals surface area contributed by atoms with Crippen LogP contribution in [-0.4, -0.2) is 68.8 Å². The van der Waals surface area contributed by atoms with Crippen molar-refractivity contribution in [1.82, 2.24) is 15.1 Å². The summed E-state index contributed by atoms with van der Waals surface area (Å²) in [5.74, 6) is 0. The van der Waals surface area contributed by atoms with Crippen LogP contribution >= 0.6 is 0 Å². The van der Waals surface area contributed by atoms with E-state index in [4.69, 9.17) is 4.74 Å². The summed E-state index contributed by atoms with van der Waals surface area (Å²) in [4.78, 5) is 16.6. The van der Waals surface area contributed by atoms with Crippen LogP contribution in [0.2, 0.25) is 0 Å². The lowest BCUT2D eigenvalue weighted by molar-refractivity contribution is -0.0246. The van der Waals surface area contributed by atoms with Gasteiger partial charge in [0.25, 0.3) is 0 Å². The molecule has 0 radical (unpaired) electrons. The van der Waals surface area contributed by atoms with E-state index < -0.39 is 0 Å². The van der Waals surface area contributed by atoms with E-state index in [2.05, 4.69) is 42.3 Å². The molecule has 1 N–H and O–H groups in total. The van der Waals surface area contributed by atoms with Gasteiger partial charge in [0, 0.05) is 31.6 Å². The van der Waals surface area contributed by atoms with E-state index in [0.717, 1.165) is 25.9 Å². The molecule has 5 nitrogen and oxygen atoms in total. The molecule has 1 atom stereocenters. The van der Waals surface area contributed by atoms with Crippen molar-refractivity contribution in [3.8, 4) is 0 Å². The highest BCUT2D eigenvalue weighted by atomic mass is 16.5. The van der Waals surface area contributed by atoms with E-state index in [0.29, 0.717) is 19.7 Å². The minimum atomic E-state index is 0.0445. The van der Waals surface area contributed by atoms with Crippen LogP contribution in [0.4, 0.5) is 4.79 Å². The monoisotopic (exact) mass is 345 g/mol. The Morgan fingerprint density at radius 3 is 2.76 bits per heavy atom. The topological polar surface area (TPSA) is 44.8 Å². The van der Waals surface area contributed by atoms with Crippen LogP contribution < -0.4 is 5.32 Å². The highest BCUT2D eigenvalue weighted by Gasteiger charge is 2.45. The molecule has 1 aromatic rings. The molecular weight excluding hydrogens is 314 g/mol. The van der Waals surface area contributed by atoms with Gasteiger partial charge in [0.15, 0.2) is 0 Å². The minimum Gasteiger partial charge on any atom is -0.373 e. The molecule has 25 heavy (non-hydrogen) atoms. The van der Waals surface area contributed by atoms with Gasteiger partial charge >= 0.3 is 6.03 Å². The SMILES string of the molecule is Cc1ccc(C2(CNC(=O)N3CCOC(CN(C)C)C3)CC2)c(C)c1. The Balaban J connectivity index is 1.57. The Labute approximate surface area is 151 Å². The van der Waals surface area contributed by atoms with Crippen molar-refractivity contribution in [2.75, 3.05) is 46.9 Å². The van der Waals surface area contributed by atoms with E-state index in [-0.39, 0.29) is 17.6 Å². The van der Waals surface area contributed by atoms with Crippen molar-refractivity contribution in [3.63, 3.8) is 0 Å². The van der Waals surface area contributed by atoms with E-state index in [1.807, 2.05) is 19.0 Å². The van der Waals surface area contributed by atoms with Gasteiger partial charge in [-0.2, -0.15) is 0 Å². The Hall–Kier alpha value is -1.59. The van der Waals surface area contributed by atoms with Gasteiger partial charge in [-0.05, 0) is 51.9 Å². The Morgan fingerprint density at radius 1 is 1.36 bits per heavy atom. The second-order valence-electron chi connectivity index (χ2n) is 7.96. The maximum Gasteiger partial charge on any atom is 0.317 e. The van der Waals surface area contributed by atoms with Gasteiger partial charge in [0.2, 0.25) is 0 Å². The number of urea groups is 1. The van der Waals surface area contributed by atoms with Crippen LogP contribution in [0, 0.1) is 13.8 Å². The standard InChI is InChI=1S/C20H31N3O2/c1-15-5-6-18(16(2)11-15)20(7-8-20)14-21-19(24)23-9-10-25-17(13-23)12-22(3)4/h5-6,11,17H,7-10,12-14H2,1-4H3,(H,21,24). The van der Waals surface area contributed by atoms with Gasteiger partial charge in [0.05, 0.1) is 12.7 Å². The fraction of sp³-hybridized carbons (Fsp3) is 0.650. The quantitative estimate of drug-likeness (QED) is 0.891. The Bertz CT molecular complexity index is 625. The number of hydrogen-bond donors (Lipinski definition) is 1. The van der Waals surface area contributed by atoms with E-state index >= 15 is 0 Å². The fourth-order valence-corrected chi connectivity index (χ4v) is 3.88. The zero-order chi connectivity index (χ0) is 18.0. The van der Waals surface area contributed by atoms with Crippen molar-refractivity contribution >= 4 is 6.03 Å². The summed E-state index contributed by atoms with van der Waals surface area (Å²) in [5, 5.41) is 3.19. The Morgan fingerprint density at radius 2 is 2.12 bits per heavy atom. The summed E-state index contributed by atoms with van der Waals surface area (Å²) >= 11 is 0. The van der Waals surface area contributed by atoms with E-state index in [9.17, 15) is 4.79 Å². The zero-order valence-electron chi connectivity index (χ0n) is 16.0. The molecule has 0 aromatic heterocycles. The van der Waals surface area contributed by atoms with Crippen LogP contribution in [-0.2, 0) is 10.2 Å². The van der Waals surface area contributed by atoms with Gasteiger partial charge in [0.1, 0.15) is 0 Å². The lowest BCUT2D eigenvalue weighted by Crippen LogP contribution is -2.52. The van der Waals surface area contributed by atoms with Crippen LogP contribution in [0.1, 0.15) is 29.5 Å². The predicted molar refractivity (Wildman–Crippen MR) is 100 cm³/mol. The first-order valence-electron chi connectivity index (χ1n) is 9.26. The van der Waals surface area contributed by atoms with Crippen LogP contribution in [0.3, 0.4) is 0 Å². The summed E-state index contributed by atoms with van der Waals surface area (Å²) in [5.41, 5.74) is 4.17. The molecule has 2 fully saturated rings. The molecule has 1 heterocycles. The molecule has 138 valence electrons. The smallest absolute Gasteiger partial charge is 0.317 e. The highest BCUT2D eigenvalue weighted by molar-refractivity contribution is 5.74. The number of nitrogens with zero attached hydrogens (tertiary/aromatic N) is 2. The fourth-order valence-electron chi connectivity index (χ4n) is 3.88. The van der Waals surface area contributed by atoms with Crippen LogP contribution in [0.5, 0.6) is 0 Å². The maximum atomic E-state index is 12.6. The molecule has 1 aliphatic carbocycles. The number of carbonyl (C=O) groups is 1. The summed E-state index contributed by atoms with van der Waals surface area (Å²) < 4.78 is 5.76. The number of benzene rings is 1. The zero-order valence-corrected chi connectivity index (χ0v) is 16.0. The van der Waals surface area contributed by atoms with Crippen LogP contribution in [0.25, 0.3) is 0 Å². The third kappa shape index (κ3) is 4.33. The third-order valence-electron chi connectivity index (χ3n) is 5.38. The lowest BCUT2D eigenvalue weighted by Gasteiger charge is -2.34. The number of ether oxygens (including phenoxy) is 1. The van der Waals surface area contributed by atoms with Crippen molar-refractivity contribution < 1.29 is 9.53 Å². The molecule has 0 spiro atoms. The molecule has 1 aromatic carbocycles. The Kier molecular flexibility index (Phi) is 5.35. The maximum absolute atomic E-state index is 12.6. The number of likely N-dealkylation sites (N-methyl/N-ethyl adjacent to an activating group) is 1. The molecule has 1 unspecified atom stereocenters. The molecule has 2 aliphatic rings. The van der Waals surface area contributed by atoms with Crippen molar-refractivity contribution in [1.29, 1.82) is 0 Å². The molecule has 5 heteroatoms. The number of aryl methyl sites for hydroxylation is 2. The van der Waals surface area contributed by atoms with Crippen LogP contribution in [0.15, 0.2) is 18.2 Å². The van der Waals surface area contributed by atoms with Crippen molar-refractivity contribution in [3.05, 3.63) is 34.9 Å². The molecule has 2 amide bonds. The molecule has 1 saturated carbocycles. The van der Waals surface area contributed by atoms with E-state index in [1.165, 1.54) is 16.7 Å². The number of carbonyl (C=O) groups excluding carboxylic acids is 1. The van der Waals surface area contributed by atoms with E-state index in [1.54, 1.807) is 0 Å². The number of hydrogen-bond acceptors (Lipinski definition) is 3. The summed E-state index contributed by atoms with van der Waals surface area (Å²) in [6.45, 7) is 7.83. The van der Waals surface area contributed by atoms with Gasteiger partial charge in [-0.3, -0.25) is 0 Å². The first kappa shape index (κ1) is 18.2. The summed E-state index contributed by atoms with van der Waals surface area (Å²) in [6.07, 6.45) is 2.41. The largest absolute Gasteiger partial charge is 0.373 e. The number of morpholine rings is 1. The molecular formula is C20H31N3O2. The third-order valence-corrected chi connectivity index (χ3v) is 5.38. The molecule has 1 saturated heterocycles. The van der Waals surface area contributed by atoms with Gasteiger partial charge < -0.3 is 19.9 Å². The minimum absolute atomic E-state index is 0.0445. The molecule has 3 rings (SSSR count). The normalized spacial score (nSPS) is 22.1. The van der Waals surface area contributed by atoms with Gasteiger partial charge in [-0.25, -0.2) is 4.79 Å². The highest BCUT2D eigenvalue weighted by Crippen LogP contribution is 2.48. The average Bonchev–Trinajstić information content (AvgIpc) is 3.33. The predicted octanol–water partition coefficient (Wildman–Crippen LogP) is 2.31. The number of rotatable bonds is 5. The first-order valence-corrected chi connectivity index (χ1v) is 9.26. The first-order chi connectivity index (χ1) is 11.9. The summed E-state index contributed by atoms with van der Waals surface area (Å²) in [6, 6.07) is 6.71. The average molecular weight is 345 g/mol. The molecule has 0 bridgehead atoms. The van der Waals surface area contributed by atoms with Gasteiger partial charge in [-0.1, -0.05) is 23.8 Å². The number of nitrogens with one attached hydrogen (secondary N) is 1. The summed E-state index contributed by atoms with van der Waals surface area (Å²) in [7, 11) is 4.06.